The van der Waals surface area contributed by atoms with Gasteiger partial charge in [0.2, 0.25) is 0 Å². The van der Waals surface area contributed by atoms with E-state index >= 15 is 0 Å². The van der Waals surface area contributed by atoms with Gasteiger partial charge in [0.1, 0.15) is 6.04 Å². The summed E-state index contributed by atoms with van der Waals surface area (Å²) in [5.74, 6) is 0.105. The van der Waals surface area contributed by atoms with Crippen molar-refractivity contribution in [3.8, 4) is 0 Å². The fourth-order valence-corrected chi connectivity index (χ4v) is 3.11. The number of nitrogens with zero attached hydrogens (tertiary/aromatic N) is 2. The van der Waals surface area contributed by atoms with Crippen LogP contribution in [0.25, 0.3) is 0 Å². The van der Waals surface area contributed by atoms with Crippen molar-refractivity contribution in [2.75, 3.05) is 0 Å². The summed E-state index contributed by atoms with van der Waals surface area (Å²) in [6.07, 6.45) is 5.64. The normalized spacial score (nSPS) is 27.0. The molecule has 1 aromatic carbocycles. The van der Waals surface area contributed by atoms with Gasteiger partial charge in [0, 0.05) is 23.5 Å². The van der Waals surface area contributed by atoms with Crippen LogP contribution in [-0.2, 0) is 0 Å². The van der Waals surface area contributed by atoms with E-state index in [-0.39, 0.29) is 17.7 Å². The van der Waals surface area contributed by atoms with E-state index in [1.165, 1.54) is 5.57 Å². The second kappa shape index (κ2) is 3.60. The minimum Gasteiger partial charge on any atom is -0.292 e. The van der Waals surface area contributed by atoms with Crippen LogP contribution in [0.5, 0.6) is 0 Å². The lowest BCUT2D eigenvalue weighted by Gasteiger charge is -2.36. The minimum atomic E-state index is -0.336. The third-order valence-electron chi connectivity index (χ3n) is 4.04. The molecule has 0 fully saturated rings. The van der Waals surface area contributed by atoms with Gasteiger partial charge in [0.15, 0.2) is 5.78 Å². The Hall–Kier alpha value is -2.29. The molecule has 19 heavy (non-hydrogen) atoms. The molecule has 0 radical (unpaired) electrons. The number of hydrogen-bond donors (Lipinski definition) is 0. The third-order valence-corrected chi connectivity index (χ3v) is 4.04. The lowest BCUT2D eigenvalue weighted by atomic mass is 9.71. The number of aliphatic imine (C=N–C) groups is 2. The number of Topliss-reactive ketones (excluding diaryl/α,β-unsaturated/α-hetero) is 1. The van der Waals surface area contributed by atoms with Crippen molar-refractivity contribution in [1.82, 2.24) is 0 Å². The van der Waals surface area contributed by atoms with Crippen molar-refractivity contribution in [1.29, 1.82) is 0 Å². The van der Waals surface area contributed by atoms with Crippen LogP contribution in [0.3, 0.4) is 0 Å². The smallest absolute Gasteiger partial charge is 0.188 e. The average Bonchev–Trinajstić information content (AvgIpc) is 2.46. The Balaban J connectivity index is 2.04. The lowest BCUT2D eigenvalue weighted by molar-refractivity contribution is 0.0948. The van der Waals surface area contributed by atoms with Gasteiger partial charge in [0.25, 0.3) is 0 Å². The Bertz CT molecular complexity index is 722. The molecule has 0 aromatic heterocycles. The van der Waals surface area contributed by atoms with Crippen LogP contribution in [0.15, 0.2) is 57.7 Å². The number of fused-ring (bicyclic) bond motifs is 2. The Morgan fingerprint density at radius 3 is 2.79 bits per heavy atom. The van der Waals surface area contributed by atoms with Gasteiger partial charge in [0.05, 0.1) is 11.6 Å². The molecule has 0 amide bonds. The van der Waals surface area contributed by atoms with Gasteiger partial charge in [-0.3, -0.25) is 14.8 Å². The molecule has 2 unspecified atom stereocenters. The second-order valence-electron chi connectivity index (χ2n) is 5.08. The van der Waals surface area contributed by atoms with Crippen molar-refractivity contribution >= 4 is 17.7 Å². The molecule has 0 spiro atoms. The first kappa shape index (κ1) is 10.6. The molecule has 3 nitrogen and oxygen atoms in total. The first-order valence-corrected chi connectivity index (χ1v) is 6.39. The molecule has 3 aliphatic rings. The van der Waals surface area contributed by atoms with Gasteiger partial charge in [-0.25, -0.2) is 0 Å². The fourth-order valence-electron chi connectivity index (χ4n) is 3.11. The maximum absolute atomic E-state index is 12.6. The summed E-state index contributed by atoms with van der Waals surface area (Å²) >= 11 is 0. The van der Waals surface area contributed by atoms with Gasteiger partial charge < -0.3 is 0 Å². The van der Waals surface area contributed by atoms with E-state index < -0.39 is 0 Å². The standard InChI is InChI=1S/C16H12N2O/c1-9-8-18-14-11-4-2-3-5-12(11)16(19)15-13(14)10(9)6-7-17-15/h2-8,13,15H,1H3. The second-order valence-corrected chi connectivity index (χ2v) is 5.08. The molecule has 0 saturated carbocycles. The number of rotatable bonds is 0. The third kappa shape index (κ3) is 1.30. The van der Waals surface area contributed by atoms with Crippen molar-refractivity contribution in [3.63, 3.8) is 0 Å². The van der Waals surface area contributed by atoms with E-state index in [1.807, 2.05) is 43.5 Å². The van der Waals surface area contributed by atoms with Crippen molar-refractivity contribution in [3.05, 3.63) is 58.8 Å². The summed E-state index contributed by atoms with van der Waals surface area (Å²) in [6, 6.07) is 7.36. The van der Waals surface area contributed by atoms with Crippen molar-refractivity contribution < 1.29 is 4.79 Å². The summed E-state index contributed by atoms with van der Waals surface area (Å²) in [4.78, 5) is 21.5. The zero-order chi connectivity index (χ0) is 13.0. The van der Waals surface area contributed by atoms with Crippen LogP contribution in [0.2, 0.25) is 0 Å². The summed E-state index contributed by atoms with van der Waals surface area (Å²) in [5, 5.41) is 0. The van der Waals surface area contributed by atoms with Crippen molar-refractivity contribution in [2.24, 2.45) is 15.9 Å². The van der Waals surface area contributed by atoms with E-state index in [4.69, 9.17) is 0 Å². The molecule has 1 aliphatic carbocycles. The van der Waals surface area contributed by atoms with Crippen molar-refractivity contribution in [2.45, 2.75) is 13.0 Å². The van der Waals surface area contributed by atoms with Crippen LogP contribution in [-0.4, -0.2) is 23.8 Å². The molecule has 2 aliphatic heterocycles. The highest BCUT2D eigenvalue weighted by Crippen LogP contribution is 2.39. The SMILES string of the molecule is CC1=CN=C2c3ccccc3C(=O)C3N=CC=C1C23. The summed E-state index contributed by atoms with van der Waals surface area (Å²) in [5.41, 5.74) is 4.98. The molecular weight excluding hydrogens is 236 g/mol. The number of benzene rings is 1. The van der Waals surface area contributed by atoms with Crippen LogP contribution in [0.4, 0.5) is 0 Å². The summed E-state index contributed by atoms with van der Waals surface area (Å²) < 4.78 is 0. The Labute approximate surface area is 111 Å². The molecule has 0 saturated heterocycles. The van der Waals surface area contributed by atoms with Crippen LogP contribution >= 0.6 is 0 Å². The van der Waals surface area contributed by atoms with E-state index in [2.05, 4.69) is 9.98 Å². The molecule has 2 heterocycles. The predicted molar refractivity (Wildman–Crippen MR) is 74.9 cm³/mol. The largest absolute Gasteiger partial charge is 0.292 e. The molecular formula is C16H12N2O. The predicted octanol–water partition coefficient (Wildman–Crippen LogP) is 2.59. The van der Waals surface area contributed by atoms with E-state index in [0.717, 1.165) is 22.4 Å². The zero-order valence-corrected chi connectivity index (χ0v) is 10.5. The van der Waals surface area contributed by atoms with Gasteiger partial charge >= 0.3 is 0 Å². The highest BCUT2D eigenvalue weighted by atomic mass is 16.1. The Kier molecular flexibility index (Phi) is 2.01. The van der Waals surface area contributed by atoms with Gasteiger partial charge in [-0.15, -0.1) is 0 Å². The Morgan fingerprint density at radius 2 is 1.95 bits per heavy atom. The average molecular weight is 248 g/mol. The highest BCUT2D eigenvalue weighted by Gasteiger charge is 2.43. The lowest BCUT2D eigenvalue weighted by Crippen LogP contribution is -2.43. The monoisotopic (exact) mass is 248 g/mol. The minimum absolute atomic E-state index is 0.00241. The number of carbonyl (C=O) groups is 1. The van der Waals surface area contributed by atoms with Crippen LogP contribution < -0.4 is 0 Å². The fraction of sp³-hybridized carbons (Fsp3) is 0.188. The summed E-state index contributed by atoms with van der Waals surface area (Å²) in [7, 11) is 0. The van der Waals surface area contributed by atoms with E-state index in [0.29, 0.717) is 0 Å². The molecule has 4 rings (SSSR count). The quantitative estimate of drug-likeness (QED) is 0.695. The number of allylic oxidation sites excluding steroid dienone is 2. The summed E-state index contributed by atoms with van der Waals surface area (Å²) in [6.45, 7) is 2.04. The first-order chi connectivity index (χ1) is 9.27. The molecule has 3 heteroatoms. The first-order valence-electron chi connectivity index (χ1n) is 6.39. The topological polar surface area (TPSA) is 41.8 Å². The van der Waals surface area contributed by atoms with E-state index in [1.54, 1.807) is 6.21 Å². The number of carbonyl (C=O) groups excluding carboxylic acids is 1. The maximum Gasteiger partial charge on any atom is 0.188 e. The number of ketones is 1. The number of hydrogen-bond acceptors (Lipinski definition) is 3. The van der Waals surface area contributed by atoms with Crippen LogP contribution in [0.1, 0.15) is 22.8 Å². The van der Waals surface area contributed by atoms with Gasteiger partial charge in [-0.05, 0) is 24.1 Å². The highest BCUT2D eigenvalue weighted by molar-refractivity contribution is 6.22. The van der Waals surface area contributed by atoms with Crippen LogP contribution in [0, 0.1) is 5.92 Å². The molecule has 0 N–H and O–H groups in total. The molecule has 2 atom stereocenters. The van der Waals surface area contributed by atoms with Gasteiger partial charge in [-0.2, -0.15) is 0 Å². The van der Waals surface area contributed by atoms with Gasteiger partial charge in [-0.1, -0.05) is 24.3 Å². The molecule has 92 valence electrons. The molecule has 0 bridgehead atoms. The maximum atomic E-state index is 12.6. The van der Waals surface area contributed by atoms with E-state index in [9.17, 15) is 4.79 Å². The zero-order valence-electron chi connectivity index (χ0n) is 10.5. The number of dihydropyridines is 1. The molecule has 1 aromatic rings. The Morgan fingerprint density at radius 1 is 1.16 bits per heavy atom.